The molecule has 1 saturated heterocycles. The average Bonchev–Trinajstić information content (AvgIpc) is 2.89. The van der Waals surface area contributed by atoms with Crippen molar-refractivity contribution >= 4 is 16.8 Å². The van der Waals surface area contributed by atoms with Gasteiger partial charge in [0.05, 0.1) is 17.8 Å². The average molecular weight is 436 g/mol. The molecule has 2 aromatic heterocycles. The van der Waals surface area contributed by atoms with Gasteiger partial charge in [-0.1, -0.05) is 12.1 Å². The van der Waals surface area contributed by atoms with Crippen LogP contribution in [0, 0.1) is 5.82 Å². The molecule has 1 fully saturated rings. The van der Waals surface area contributed by atoms with Gasteiger partial charge in [0.25, 0.3) is 5.91 Å². The Kier molecular flexibility index (Phi) is 5.90. The Morgan fingerprint density at radius 2 is 2.00 bits per heavy atom. The Balaban J connectivity index is 1.72. The van der Waals surface area contributed by atoms with Gasteiger partial charge in [-0.15, -0.1) is 0 Å². The van der Waals surface area contributed by atoms with Crippen LogP contribution in [0.25, 0.3) is 10.9 Å². The molecule has 0 bridgehead atoms. The summed E-state index contributed by atoms with van der Waals surface area (Å²) in [7, 11) is 0. The van der Waals surface area contributed by atoms with Crippen LogP contribution in [-0.2, 0) is 17.7 Å². The van der Waals surface area contributed by atoms with E-state index in [4.69, 9.17) is 4.74 Å². The van der Waals surface area contributed by atoms with Gasteiger partial charge >= 0.3 is 6.18 Å². The highest BCUT2D eigenvalue weighted by Gasteiger charge is 2.30. The van der Waals surface area contributed by atoms with Crippen LogP contribution < -0.4 is 0 Å². The fourth-order valence-corrected chi connectivity index (χ4v) is 3.62. The van der Waals surface area contributed by atoms with Crippen molar-refractivity contribution in [2.45, 2.75) is 25.6 Å². The van der Waals surface area contributed by atoms with E-state index in [1.165, 1.54) is 30.5 Å². The SMILES string of the molecule is O=C(c1cc2c(cn1)c(Cc1cccc(F)c1)nn2CC(F)(F)F)N1CCCOCC1. The maximum atomic E-state index is 13.5. The molecule has 3 aromatic rings. The Morgan fingerprint density at radius 3 is 2.77 bits per heavy atom. The first kappa shape index (κ1) is 21.2. The molecule has 0 radical (unpaired) electrons. The number of benzene rings is 1. The quantitative estimate of drug-likeness (QED) is 0.587. The van der Waals surface area contributed by atoms with Gasteiger partial charge in [0.1, 0.15) is 18.1 Å². The normalized spacial score (nSPS) is 15.3. The number of fused-ring (bicyclic) bond motifs is 1. The first-order valence-corrected chi connectivity index (χ1v) is 9.84. The molecule has 1 amide bonds. The second kappa shape index (κ2) is 8.62. The summed E-state index contributed by atoms with van der Waals surface area (Å²) in [6.45, 7) is 0.536. The van der Waals surface area contributed by atoms with E-state index in [-0.39, 0.29) is 23.5 Å². The van der Waals surface area contributed by atoms with Crippen LogP contribution >= 0.6 is 0 Å². The monoisotopic (exact) mass is 436 g/mol. The standard InChI is InChI=1S/C21H20F4N4O2/c22-15-4-1-3-14(9-15)10-17-16-12-26-18(20(30)28-5-2-7-31-8-6-28)11-19(16)29(27-17)13-21(23,24)25/h1,3-4,9,11-12H,2,5-8,10,13H2. The predicted octanol–water partition coefficient (Wildman–Crippen LogP) is 3.59. The highest BCUT2D eigenvalue weighted by Crippen LogP contribution is 2.26. The summed E-state index contributed by atoms with van der Waals surface area (Å²) in [6, 6.07) is 7.14. The molecule has 10 heteroatoms. The van der Waals surface area contributed by atoms with Crippen molar-refractivity contribution in [2.75, 3.05) is 26.3 Å². The number of hydrogen-bond acceptors (Lipinski definition) is 4. The summed E-state index contributed by atoms with van der Waals surface area (Å²) < 4.78 is 59.1. The first-order chi connectivity index (χ1) is 14.8. The Labute approximate surface area is 175 Å². The highest BCUT2D eigenvalue weighted by atomic mass is 19.4. The Bertz CT molecular complexity index is 1090. The molecule has 0 saturated carbocycles. The number of ether oxygens (including phenoxy) is 1. The molecule has 3 heterocycles. The molecule has 0 atom stereocenters. The van der Waals surface area contributed by atoms with Crippen LogP contribution in [0.2, 0.25) is 0 Å². The fourth-order valence-electron chi connectivity index (χ4n) is 3.62. The van der Waals surface area contributed by atoms with Crippen molar-refractivity contribution < 1.29 is 27.1 Å². The topological polar surface area (TPSA) is 60.2 Å². The van der Waals surface area contributed by atoms with E-state index in [2.05, 4.69) is 10.1 Å². The van der Waals surface area contributed by atoms with Crippen molar-refractivity contribution in [1.82, 2.24) is 19.7 Å². The van der Waals surface area contributed by atoms with E-state index in [0.717, 1.165) is 4.68 Å². The molecule has 1 aliphatic rings. The third-order valence-electron chi connectivity index (χ3n) is 5.03. The number of rotatable bonds is 4. The number of alkyl halides is 3. The minimum atomic E-state index is -4.50. The molecule has 31 heavy (non-hydrogen) atoms. The van der Waals surface area contributed by atoms with Gasteiger partial charge in [-0.3, -0.25) is 14.5 Å². The van der Waals surface area contributed by atoms with Crippen molar-refractivity contribution in [3.8, 4) is 0 Å². The minimum Gasteiger partial charge on any atom is -0.380 e. The van der Waals surface area contributed by atoms with Gasteiger partial charge in [-0.05, 0) is 30.2 Å². The number of amides is 1. The summed E-state index contributed by atoms with van der Waals surface area (Å²) in [5, 5.41) is 4.51. The molecule has 6 nitrogen and oxygen atoms in total. The van der Waals surface area contributed by atoms with Crippen LogP contribution in [0.15, 0.2) is 36.5 Å². The second-order valence-corrected chi connectivity index (χ2v) is 7.37. The largest absolute Gasteiger partial charge is 0.408 e. The molecule has 164 valence electrons. The zero-order valence-corrected chi connectivity index (χ0v) is 16.5. The van der Waals surface area contributed by atoms with Crippen LogP contribution in [0.4, 0.5) is 17.6 Å². The smallest absolute Gasteiger partial charge is 0.380 e. The van der Waals surface area contributed by atoms with E-state index in [9.17, 15) is 22.4 Å². The number of carbonyl (C=O) groups is 1. The Morgan fingerprint density at radius 1 is 1.16 bits per heavy atom. The molecule has 0 unspecified atom stereocenters. The third-order valence-corrected chi connectivity index (χ3v) is 5.03. The number of aromatic nitrogens is 3. The summed E-state index contributed by atoms with van der Waals surface area (Å²) in [5.74, 6) is -0.803. The van der Waals surface area contributed by atoms with Crippen molar-refractivity contribution in [2.24, 2.45) is 0 Å². The zero-order chi connectivity index (χ0) is 22.0. The fraction of sp³-hybridized carbons (Fsp3) is 0.381. The van der Waals surface area contributed by atoms with E-state index < -0.39 is 18.5 Å². The molecule has 4 rings (SSSR count). The highest BCUT2D eigenvalue weighted by molar-refractivity contribution is 5.96. The number of halogens is 4. The molecular weight excluding hydrogens is 416 g/mol. The lowest BCUT2D eigenvalue weighted by atomic mass is 10.1. The summed E-state index contributed by atoms with van der Waals surface area (Å²) >= 11 is 0. The Hall–Kier alpha value is -3.01. The molecule has 1 aliphatic heterocycles. The first-order valence-electron chi connectivity index (χ1n) is 9.84. The number of hydrogen-bond donors (Lipinski definition) is 0. The van der Waals surface area contributed by atoms with Gasteiger partial charge in [0, 0.05) is 37.7 Å². The summed E-state index contributed by atoms with van der Waals surface area (Å²) in [4.78, 5) is 18.6. The predicted molar refractivity (Wildman–Crippen MR) is 104 cm³/mol. The van der Waals surface area contributed by atoms with Gasteiger partial charge < -0.3 is 9.64 Å². The van der Waals surface area contributed by atoms with Crippen molar-refractivity contribution in [3.63, 3.8) is 0 Å². The van der Waals surface area contributed by atoms with Crippen molar-refractivity contribution in [1.29, 1.82) is 0 Å². The van der Waals surface area contributed by atoms with Crippen LogP contribution in [0.5, 0.6) is 0 Å². The molecule has 0 aliphatic carbocycles. The van der Waals surface area contributed by atoms with E-state index in [0.29, 0.717) is 49.4 Å². The lowest BCUT2D eigenvalue weighted by Gasteiger charge is -2.19. The van der Waals surface area contributed by atoms with Gasteiger partial charge in [-0.2, -0.15) is 18.3 Å². The minimum absolute atomic E-state index is 0.0510. The summed E-state index contributed by atoms with van der Waals surface area (Å²) in [5.41, 5.74) is 1.12. The lowest BCUT2D eigenvalue weighted by Crippen LogP contribution is -2.33. The summed E-state index contributed by atoms with van der Waals surface area (Å²) in [6.07, 6.45) is -2.31. The van der Waals surface area contributed by atoms with E-state index in [1.807, 2.05) is 0 Å². The molecule has 0 spiro atoms. The maximum absolute atomic E-state index is 13.5. The second-order valence-electron chi connectivity index (χ2n) is 7.37. The van der Waals surface area contributed by atoms with Crippen LogP contribution in [0.1, 0.15) is 28.2 Å². The van der Waals surface area contributed by atoms with E-state index >= 15 is 0 Å². The molecule has 0 N–H and O–H groups in total. The van der Waals surface area contributed by atoms with Gasteiger partial charge in [0.15, 0.2) is 0 Å². The molecular formula is C21H20F4N4O2. The zero-order valence-electron chi connectivity index (χ0n) is 16.5. The van der Waals surface area contributed by atoms with E-state index in [1.54, 1.807) is 11.0 Å². The number of nitrogens with zero attached hydrogens (tertiary/aromatic N) is 4. The van der Waals surface area contributed by atoms with Gasteiger partial charge in [0.2, 0.25) is 0 Å². The lowest BCUT2D eigenvalue weighted by molar-refractivity contribution is -0.141. The number of pyridine rings is 1. The van der Waals surface area contributed by atoms with Crippen LogP contribution in [-0.4, -0.2) is 58.1 Å². The van der Waals surface area contributed by atoms with Crippen LogP contribution in [0.3, 0.4) is 0 Å². The third kappa shape index (κ3) is 5.01. The van der Waals surface area contributed by atoms with Gasteiger partial charge in [-0.25, -0.2) is 4.39 Å². The number of carbonyl (C=O) groups excluding carboxylic acids is 1. The molecule has 1 aromatic carbocycles. The maximum Gasteiger partial charge on any atom is 0.408 e. The van der Waals surface area contributed by atoms with Crippen molar-refractivity contribution in [3.05, 3.63) is 59.3 Å².